The van der Waals surface area contributed by atoms with E-state index in [0.717, 1.165) is 11.1 Å². The smallest absolute Gasteiger partial charge is 0.321 e. The van der Waals surface area contributed by atoms with Crippen molar-refractivity contribution in [3.63, 3.8) is 0 Å². The third kappa shape index (κ3) is 6.34. The van der Waals surface area contributed by atoms with Crippen LogP contribution in [-0.2, 0) is 25.7 Å². The summed E-state index contributed by atoms with van der Waals surface area (Å²) in [6, 6.07) is 21.2. The first-order valence-corrected chi connectivity index (χ1v) is 14.5. The molecule has 0 bridgehead atoms. The number of nitrogens with zero attached hydrogens (tertiary/aromatic N) is 3. The molecule has 1 aromatic heterocycles. The molecule has 11 heteroatoms. The van der Waals surface area contributed by atoms with Crippen LogP contribution in [0.25, 0.3) is 34.0 Å². The summed E-state index contributed by atoms with van der Waals surface area (Å²) >= 11 is 0. The van der Waals surface area contributed by atoms with Crippen LogP contribution in [-0.4, -0.2) is 55.4 Å². The molecule has 1 fully saturated rings. The van der Waals surface area contributed by atoms with Crippen LogP contribution in [0.1, 0.15) is 46.1 Å². The number of esters is 1. The van der Waals surface area contributed by atoms with Crippen molar-refractivity contribution < 1.29 is 38.2 Å². The van der Waals surface area contributed by atoms with E-state index in [4.69, 9.17) is 9.26 Å². The zero-order valence-electron chi connectivity index (χ0n) is 25.4. The summed E-state index contributed by atoms with van der Waals surface area (Å²) in [4.78, 5) is 43.4. The molecule has 5 rings (SSSR count). The number of hydrogen-bond donors (Lipinski definition) is 2. The molecular formula is C34H34FN3O7. The van der Waals surface area contributed by atoms with Crippen molar-refractivity contribution >= 4 is 17.9 Å². The van der Waals surface area contributed by atoms with Crippen LogP contribution < -0.4 is 0 Å². The Morgan fingerprint density at radius 1 is 0.956 bits per heavy atom. The Morgan fingerprint density at radius 2 is 1.60 bits per heavy atom. The Labute approximate surface area is 259 Å². The molecule has 45 heavy (non-hydrogen) atoms. The van der Waals surface area contributed by atoms with Gasteiger partial charge in [-0.1, -0.05) is 65.8 Å². The first-order valence-electron chi connectivity index (χ1n) is 14.5. The van der Waals surface area contributed by atoms with Crippen LogP contribution in [0.5, 0.6) is 0 Å². The van der Waals surface area contributed by atoms with E-state index in [1.165, 1.54) is 6.07 Å². The van der Waals surface area contributed by atoms with Gasteiger partial charge in [0.25, 0.3) is 5.89 Å². The number of ether oxygens (including phenoxy) is 1. The molecule has 1 saturated heterocycles. The van der Waals surface area contributed by atoms with Crippen molar-refractivity contribution in [2.75, 3.05) is 6.54 Å². The molecule has 234 valence electrons. The Morgan fingerprint density at radius 3 is 2.20 bits per heavy atom. The van der Waals surface area contributed by atoms with Gasteiger partial charge in [0.1, 0.15) is 5.82 Å². The lowest BCUT2D eigenvalue weighted by atomic mass is 9.73. The molecule has 0 amide bonds. The largest absolute Gasteiger partial charge is 0.480 e. The molecular weight excluding hydrogens is 581 g/mol. The molecule has 3 aromatic carbocycles. The predicted molar refractivity (Wildman–Crippen MR) is 162 cm³/mol. The number of carboxylic acids is 2. The zero-order chi connectivity index (χ0) is 32.6. The fraction of sp³-hybridized carbons (Fsp3) is 0.324. The first-order chi connectivity index (χ1) is 21.2. The summed E-state index contributed by atoms with van der Waals surface area (Å²) in [6.45, 7) is 6.90. The number of rotatable bonds is 8. The summed E-state index contributed by atoms with van der Waals surface area (Å²) in [5, 5.41) is 23.8. The van der Waals surface area contributed by atoms with Gasteiger partial charge in [-0.2, -0.15) is 4.98 Å². The average molecular weight is 616 g/mol. The molecule has 0 saturated carbocycles. The predicted octanol–water partition coefficient (Wildman–Crippen LogP) is 6.27. The number of carboxylic acid groups (broad SMARTS) is 2. The van der Waals surface area contributed by atoms with Gasteiger partial charge in [0, 0.05) is 36.2 Å². The number of piperidine rings is 1. The number of carbonyl (C=O) groups excluding carboxylic acids is 1. The van der Waals surface area contributed by atoms with Crippen LogP contribution in [0.2, 0.25) is 0 Å². The third-order valence-electron chi connectivity index (χ3n) is 8.16. The molecule has 0 spiro atoms. The summed E-state index contributed by atoms with van der Waals surface area (Å²) in [5.41, 5.74) is -1.36. The van der Waals surface area contributed by atoms with Gasteiger partial charge >= 0.3 is 17.9 Å². The van der Waals surface area contributed by atoms with Crippen molar-refractivity contribution in [3.05, 3.63) is 84.2 Å². The third-order valence-corrected chi connectivity index (χ3v) is 8.16. The fourth-order valence-electron chi connectivity index (χ4n) is 5.42. The first kappa shape index (κ1) is 31.5. The molecule has 1 unspecified atom stereocenters. The van der Waals surface area contributed by atoms with Crippen molar-refractivity contribution in [2.45, 2.75) is 52.8 Å². The maximum absolute atomic E-state index is 14.9. The summed E-state index contributed by atoms with van der Waals surface area (Å²) < 4.78 is 26.2. The van der Waals surface area contributed by atoms with E-state index < -0.39 is 46.7 Å². The minimum absolute atomic E-state index is 0.0715. The lowest BCUT2D eigenvalue weighted by molar-refractivity contribution is -0.219. The highest BCUT2D eigenvalue weighted by atomic mass is 19.1. The maximum Gasteiger partial charge on any atom is 0.321 e. The minimum Gasteiger partial charge on any atom is -0.480 e. The SMILES string of the molecule is CC(C)(C)C(=O)OC1(C)CC(C(=O)O)(C(=O)O)CCN1Cc1ccc(-c2noc(-c3ccc(-c4ccccc4)c(F)c3)n2)cc1. The number of aromatic nitrogens is 2. The van der Waals surface area contributed by atoms with E-state index in [1.54, 1.807) is 56.9 Å². The quantitative estimate of drug-likeness (QED) is 0.172. The Hall–Kier alpha value is -4.90. The topological polar surface area (TPSA) is 143 Å². The van der Waals surface area contributed by atoms with E-state index in [9.17, 15) is 29.0 Å². The number of benzene rings is 3. The number of aliphatic carboxylic acids is 2. The second-order valence-corrected chi connectivity index (χ2v) is 12.5. The molecule has 1 aliphatic rings. The van der Waals surface area contributed by atoms with Gasteiger partial charge in [0.05, 0.1) is 5.41 Å². The van der Waals surface area contributed by atoms with E-state index in [0.29, 0.717) is 22.5 Å². The van der Waals surface area contributed by atoms with Crippen molar-refractivity contribution in [2.24, 2.45) is 10.8 Å². The Bertz CT molecular complexity index is 1720. The number of likely N-dealkylation sites (tertiary alicyclic amines) is 1. The number of halogens is 1. The summed E-state index contributed by atoms with van der Waals surface area (Å²) in [7, 11) is 0. The average Bonchev–Trinajstić information content (AvgIpc) is 3.49. The highest BCUT2D eigenvalue weighted by molar-refractivity contribution is 5.98. The number of hydrogen-bond acceptors (Lipinski definition) is 8. The second-order valence-electron chi connectivity index (χ2n) is 12.5. The molecule has 2 heterocycles. The lowest BCUT2D eigenvalue weighted by Crippen LogP contribution is -2.61. The molecule has 0 radical (unpaired) electrons. The molecule has 4 aromatic rings. The van der Waals surface area contributed by atoms with Crippen molar-refractivity contribution in [3.8, 4) is 34.0 Å². The highest BCUT2D eigenvalue weighted by Gasteiger charge is 2.58. The Balaban J connectivity index is 1.34. The molecule has 1 atom stereocenters. The molecule has 2 N–H and O–H groups in total. The van der Waals surface area contributed by atoms with E-state index in [1.807, 2.05) is 42.5 Å². The number of carbonyl (C=O) groups is 3. The van der Waals surface area contributed by atoms with Crippen LogP contribution >= 0.6 is 0 Å². The monoisotopic (exact) mass is 615 g/mol. The van der Waals surface area contributed by atoms with Crippen LogP contribution in [0.4, 0.5) is 4.39 Å². The maximum atomic E-state index is 14.9. The van der Waals surface area contributed by atoms with Crippen molar-refractivity contribution in [1.82, 2.24) is 15.0 Å². The van der Waals surface area contributed by atoms with Crippen LogP contribution in [0.3, 0.4) is 0 Å². The van der Waals surface area contributed by atoms with Crippen LogP contribution in [0.15, 0.2) is 77.3 Å². The van der Waals surface area contributed by atoms with Gasteiger partial charge < -0.3 is 19.5 Å². The minimum atomic E-state index is -2.09. The van der Waals surface area contributed by atoms with Gasteiger partial charge in [0.15, 0.2) is 11.1 Å². The Kier molecular flexibility index (Phi) is 8.33. The molecule has 1 aliphatic heterocycles. The molecule has 10 nitrogen and oxygen atoms in total. The van der Waals surface area contributed by atoms with Crippen LogP contribution in [0, 0.1) is 16.6 Å². The lowest BCUT2D eigenvalue weighted by Gasteiger charge is -2.49. The van der Waals surface area contributed by atoms with Gasteiger partial charge in [-0.15, -0.1) is 0 Å². The highest BCUT2D eigenvalue weighted by Crippen LogP contribution is 2.43. The second kappa shape index (κ2) is 11.9. The van der Waals surface area contributed by atoms with Crippen molar-refractivity contribution in [1.29, 1.82) is 0 Å². The van der Waals surface area contributed by atoms with Gasteiger partial charge in [-0.25, -0.2) is 4.39 Å². The summed E-state index contributed by atoms with van der Waals surface area (Å²) in [5.74, 6) is -3.45. The molecule has 0 aliphatic carbocycles. The van der Waals surface area contributed by atoms with Gasteiger partial charge in [-0.05, 0) is 57.4 Å². The fourth-order valence-corrected chi connectivity index (χ4v) is 5.42. The van der Waals surface area contributed by atoms with E-state index in [-0.39, 0.29) is 25.4 Å². The van der Waals surface area contributed by atoms with Gasteiger partial charge in [-0.3, -0.25) is 19.3 Å². The summed E-state index contributed by atoms with van der Waals surface area (Å²) in [6.07, 6.45) is -0.569. The van der Waals surface area contributed by atoms with E-state index in [2.05, 4.69) is 10.1 Å². The zero-order valence-corrected chi connectivity index (χ0v) is 25.4. The van der Waals surface area contributed by atoms with Gasteiger partial charge in [0.2, 0.25) is 5.82 Å². The standard InChI is InChI=1S/C34H34FN3O7/c1-32(2,3)31(43)44-33(4)20-34(29(39)40,30(41)42)16-17-38(33)19-21-10-12-23(13-11-21)27-36-28(45-37-27)24-14-15-25(26(35)18-24)22-8-6-5-7-9-22/h5-15,18H,16-17,19-20H2,1-4H3,(H,39,40)(H,41,42). The normalized spacial score (nSPS) is 18.3. The van der Waals surface area contributed by atoms with E-state index >= 15 is 0 Å².